The number of halogens is 2. The van der Waals surface area contributed by atoms with Gasteiger partial charge in [-0.1, -0.05) is 0 Å². The van der Waals surface area contributed by atoms with Gasteiger partial charge in [0.1, 0.15) is 0 Å². The van der Waals surface area contributed by atoms with Crippen molar-refractivity contribution in [3.63, 3.8) is 0 Å². The second-order valence-electron chi connectivity index (χ2n) is 14.8. The number of benzene rings is 3. The maximum atomic E-state index is 2.73. The second-order valence-corrected chi connectivity index (χ2v) is 20.2. The van der Waals surface area contributed by atoms with Crippen LogP contribution in [0.1, 0.15) is 97.1 Å². The second kappa shape index (κ2) is 12.2. The first-order valence-corrected chi connectivity index (χ1v) is 18.5. The van der Waals surface area contributed by atoms with Crippen molar-refractivity contribution in [1.29, 1.82) is 0 Å². The minimum atomic E-state index is -2.52. The molecule has 3 heteroatoms. The summed E-state index contributed by atoms with van der Waals surface area (Å²) in [6, 6.07) is 23.3. The molecule has 0 fully saturated rings. The van der Waals surface area contributed by atoms with Crippen molar-refractivity contribution in [3.8, 4) is 11.1 Å². The summed E-state index contributed by atoms with van der Waals surface area (Å²) in [5.74, 6) is 0.494. The van der Waals surface area contributed by atoms with E-state index in [0.717, 1.165) is 6.42 Å². The van der Waals surface area contributed by atoms with E-state index in [1.54, 1.807) is 17.7 Å². The van der Waals surface area contributed by atoms with E-state index < -0.39 is 21.3 Å². The van der Waals surface area contributed by atoms with Gasteiger partial charge in [-0.15, -0.1) is 0 Å². The number of hydrogen-bond donors (Lipinski definition) is 0. The average Bonchev–Trinajstić information content (AvgIpc) is 3.41. The van der Waals surface area contributed by atoms with Gasteiger partial charge < -0.3 is 24.8 Å². The van der Waals surface area contributed by atoms with Gasteiger partial charge in [-0.25, -0.2) is 0 Å². The third-order valence-electron chi connectivity index (χ3n) is 8.54. The molecule has 0 spiro atoms. The van der Waals surface area contributed by atoms with E-state index in [2.05, 4.69) is 146 Å². The van der Waals surface area contributed by atoms with Gasteiger partial charge in [0, 0.05) is 0 Å². The Labute approximate surface area is 269 Å². The van der Waals surface area contributed by atoms with Crippen LogP contribution >= 0.6 is 0 Å². The third-order valence-corrected chi connectivity index (χ3v) is 15.8. The van der Waals surface area contributed by atoms with Crippen molar-refractivity contribution in [3.05, 3.63) is 109 Å². The molecule has 0 aliphatic heterocycles. The van der Waals surface area contributed by atoms with Crippen LogP contribution in [0.15, 0.2) is 81.7 Å². The number of allylic oxidation sites excluding steroid dienone is 4. The molecular weight excluding hydrogens is 619 g/mol. The van der Waals surface area contributed by atoms with Crippen molar-refractivity contribution in [2.75, 3.05) is 0 Å². The Hall–Kier alpha value is -1.53. The first-order chi connectivity index (χ1) is 18.1. The fourth-order valence-corrected chi connectivity index (χ4v) is 14.3. The minimum Gasteiger partial charge on any atom is -1.00 e. The summed E-state index contributed by atoms with van der Waals surface area (Å²) >= 11 is -2.52. The summed E-state index contributed by atoms with van der Waals surface area (Å²) in [6.45, 7) is 23.7. The largest absolute Gasteiger partial charge is 1.00 e. The molecule has 0 amide bonds. The van der Waals surface area contributed by atoms with Crippen LogP contribution in [0.3, 0.4) is 0 Å². The molecule has 0 heterocycles. The van der Waals surface area contributed by atoms with Crippen LogP contribution in [0.4, 0.5) is 0 Å². The molecule has 1 unspecified atom stereocenters. The van der Waals surface area contributed by atoms with Gasteiger partial charge in [0.2, 0.25) is 0 Å². The Bertz CT molecular complexity index is 1520. The fraction of sp³-hybridized carbons (Fsp3) is 0.395. The molecule has 1 atom stereocenters. The molecule has 0 bridgehead atoms. The molecule has 0 radical (unpaired) electrons. The van der Waals surface area contributed by atoms with E-state index in [1.165, 1.54) is 33.4 Å². The first-order valence-electron chi connectivity index (χ1n) is 14.7. The smallest absolute Gasteiger partial charge is 1.00 e. The van der Waals surface area contributed by atoms with Crippen LogP contribution < -0.4 is 28.1 Å². The molecule has 0 saturated heterocycles. The minimum absolute atomic E-state index is 0. The Kier molecular flexibility index (Phi) is 10.1. The summed E-state index contributed by atoms with van der Waals surface area (Å²) in [7, 11) is 0. The number of fused-ring (bicyclic) bond motifs is 3. The molecular formula is C38H46Cl2Zr. The van der Waals surface area contributed by atoms with E-state index in [4.69, 9.17) is 0 Å². The normalized spacial score (nSPS) is 16.3. The number of rotatable bonds is 3. The monoisotopic (exact) mass is 662 g/mol. The van der Waals surface area contributed by atoms with Gasteiger partial charge >= 0.3 is 247 Å². The molecule has 0 nitrogen and oxygen atoms in total. The van der Waals surface area contributed by atoms with Gasteiger partial charge in [0.25, 0.3) is 0 Å². The van der Waals surface area contributed by atoms with Gasteiger partial charge in [-0.05, 0) is 0 Å². The summed E-state index contributed by atoms with van der Waals surface area (Å²) < 4.78 is 6.18. The Balaban J connectivity index is 0.00000231. The quantitative estimate of drug-likeness (QED) is 0.315. The Morgan fingerprint density at radius 3 is 1.93 bits per heavy atom. The van der Waals surface area contributed by atoms with E-state index in [9.17, 15) is 0 Å². The van der Waals surface area contributed by atoms with Crippen molar-refractivity contribution in [1.82, 2.24) is 0 Å². The fourth-order valence-electron chi connectivity index (χ4n) is 6.19. The molecule has 216 valence electrons. The van der Waals surface area contributed by atoms with Crippen LogP contribution in [0.25, 0.3) is 11.1 Å². The zero-order chi connectivity index (χ0) is 28.3. The first kappa shape index (κ1) is 34.0. The molecule has 3 aromatic carbocycles. The molecule has 2 aliphatic rings. The predicted molar refractivity (Wildman–Crippen MR) is 168 cm³/mol. The van der Waals surface area contributed by atoms with Crippen LogP contribution in [0.2, 0.25) is 0 Å². The van der Waals surface area contributed by atoms with Crippen molar-refractivity contribution in [2.24, 2.45) is 11.3 Å². The van der Waals surface area contributed by atoms with E-state index in [0.29, 0.717) is 5.92 Å². The average molecular weight is 665 g/mol. The zero-order valence-corrected chi connectivity index (χ0v) is 30.5. The molecule has 0 N–H and O–H groups in total. The standard InChI is InChI=1S/C21H25.C10H15.C7H6.2ClH.Zr/c1-20(2,3)16-7-9-18-14(12-16)11-15-13-17(21(4,5)6)8-10-19(15)18;1-8-5-6-9(7-8)10(2,3)4;1-7-5-3-2-4-6-7;;;/h7-10,12H,11H2,1-6H3;6-8H,1-4H3;1-6H;2*1H;/q;;;;;+2/p-2. The van der Waals surface area contributed by atoms with E-state index >= 15 is 0 Å². The summed E-state index contributed by atoms with van der Waals surface area (Å²) in [5, 5.41) is 0. The summed E-state index contributed by atoms with van der Waals surface area (Å²) in [5.41, 5.74) is 12.3. The zero-order valence-electron chi connectivity index (χ0n) is 26.5. The van der Waals surface area contributed by atoms with Gasteiger partial charge in [0.15, 0.2) is 0 Å². The van der Waals surface area contributed by atoms with Crippen molar-refractivity contribution >= 4 is 6.98 Å². The van der Waals surface area contributed by atoms with E-state index in [1.807, 2.05) is 0 Å². The van der Waals surface area contributed by atoms with Gasteiger partial charge in [-0.3, -0.25) is 0 Å². The number of hydrogen-bond acceptors (Lipinski definition) is 0. The molecule has 41 heavy (non-hydrogen) atoms. The molecule has 3 aromatic rings. The van der Waals surface area contributed by atoms with E-state index in [-0.39, 0.29) is 41.1 Å². The molecule has 0 aromatic heterocycles. The Morgan fingerprint density at radius 2 is 1.37 bits per heavy atom. The summed E-state index contributed by atoms with van der Waals surface area (Å²) in [4.78, 5) is 0. The molecule has 5 rings (SSSR count). The molecule has 2 aliphatic carbocycles. The Morgan fingerprint density at radius 1 is 0.732 bits per heavy atom. The summed E-state index contributed by atoms with van der Waals surface area (Å²) in [6.07, 6.45) is 6.23. The molecule has 0 saturated carbocycles. The van der Waals surface area contributed by atoms with Crippen molar-refractivity contribution < 1.29 is 46.1 Å². The van der Waals surface area contributed by atoms with Gasteiger partial charge in [0.05, 0.1) is 0 Å². The van der Waals surface area contributed by atoms with Crippen LogP contribution in [0.5, 0.6) is 0 Å². The SMILES string of the molecule is CC1C=C(C(C)(C)C)C=[C]1/[Zr+2](=[CH]/c1ccccc1)[c]1c(C(C)(C)C)ccc2c1Cc1cc(C(C)(C)C)ccc1-2.[Cl-].[Cl-]. The maximum Gasteiger partial charge on any atom is -1.00 e. The predicted octanol–water partition coefficient (Wildman–Crippen LogP) is 3.46. The van der Waals surface area contributed by atoms with Crippen LogP contribution in [0, 0.1) is 11.3 Å². The van der Waals surface area contributed by atoms with Crippen molar-refractivity contribution in [2.45, 2.75) is 86.5 Å². The van der Waals surface area contributed by atoms with Gasteiger partial charge in [-0.2, -0.15) is 0 Å². The van der Waals surface area contributed by atoms with Crippen LogP contribution in [-0.4, -0.2) is 3.71 Å². The third kappa shape index (κ3) is 6.84. The van der Waals surface area contributed by atoms with Crippen LogP contribution in [-0.2, 0) is 38.5 Å². The maximum absolute atomic E-state index is 2.73. The topological polar surface area (TPSA) is 0 Å².